The number of benzene rings is 1. The van der Waals surface area contributed by atoms with Gasteiger partial charge in [-0.05, 0) is 74.6 Å². The number of aromatic nitrogens is 4. The maximum Gasteiger partial charge on any atom is 0.338 e. The first kappa shape index (κ1) is 19.4. The summed E-state index contributed by atoms with van der Waals surface area (Å²) in [4.78, 5) is 13.2. The number of ether oxygens (including phenoxy) is 2. The van der Waals surface area contributed by atoms with Crippen LogP contribution in [-0.2, 0) is 9.53 Å². The third kappa shape index (κ3) is 4.11. The first-order valence-corrected chi connectivity index (χ1v) is 10.3. The molecule has 1 aliphatic heterocycles. The van der Waals surface area contributed by atoms with E-state index < -0.39 is 6.04 Å². The van der Waals surface area contributed by atoms with Crippen LogP contribution in [0.5, 0.6) is 5.75 Å². The second-order valence-corrected chi connectivity index (χ2v) is 7.91. The molecule has 2 aromatic rings. The molecule has 1 fully saturated rings. The van der Waals surface area contributed by atoms with Crippen molar-refractivity contribution >= 4 is 11.9 Å². The summed E-state index contributed by atoms with van der Waals surface area (Å²) in [7, 11) is 0. The minimum absolute atomic E-state index is 0.0192. The maximum atomic E-state index is 13.2. The number of rotatable bonds is 5. The van der Waals surface area contributed by atoms with Crippen molar-refractivity contribution in [2.75, 3.05) is 5.32 Å². The highest BCUT2D eigenvalue weighted by Gasteiger charge is 2.36. The molecule has 29 heavy (non-hydrogen) atoms. The molecule has 8 nitrogen and oxygen atoms in total. The van der Waals surface area contributed by atoms with Gasteiger partial charge in [0.25, 0.3) is 0 Å². The van der Waals surface area contributed by atoms with E-state index in [1.165, 1.54) is 6.42 Å². The van der Waals surface area contributed by atoms with Gasteiger partial charge in [-0.25, -0.2) is 4.79 Å². The lowest BCUT2D eigenvalue weighted by molar-refractivity contribution is -0.146. The molecule has 8 heteroatoms. The van der Waals surface area contributed by atoms with Crippen molar-refractivity contribution in [3.05, 3.63) is 41.1 Å². The topological polar surface area (TPSA) is 91.2 Å². The molecule has 1 aromatic carbocycles. The number of fused-ring (bicyclic) bond motifs is 1. The van der Waals surface area contributed by atoms with Gasteiger partial charge in [0.05, 0.1) is 11.7 Å². The molecule has 1 saturated carbocycles. The van der Waals surface area contributed by atoms with Crippen LogP contribution < -0.4 is 10.1 Å². The minimum Gasteiger partial charge on any atom is -0.491 e. The van der Waals surface area contributed by atoms with Crippen LogP contribution in [0.3, 0.4) is 0 Å². The van der Waals surface area contributed by atoms with Crippen LogP contribution in [0.25, 0.3) is 0 Å². The normalized spacial score (nSPS) is 19.7. The number of esters is 1. The Morgan fingerprint density at radius 1 is 1.17 bits per heavy atom. The van der Waals surface area contributed by atoms with Gasteiger partial charge in [-0.15, -0.1) is 0 Å². The predicted molar refractivity (Wildman–Crippen MR) is 107 cm³/mol. The molecule has 154 valence electrons. The monoisotopic (exact) mass is 397 g/mol. The van der Waals surface area contributed by atoms with Crippen molar-refractivity contribution in [3.8, 4) is 5.75 Å². The molecule has 0 saturated heterocycles. The molecule has 2 aliphatic rings. The number of nitrogens with one attached hydrogen (secondary N) is 1. The second-order valence-electron chi connectivity index (χ2n) is 7.91. The van der Waals surface area contributed by atoms with Gasteiger partial charge in [-0.1, -0.05) is 23.7 Å². The molecule has 1 unspecified atom stereocenters. The van der Waals surface area contributed by atoms with E-state index in [4.69, 9.17) is 9.47 Å². The third-order valence-electron chi connectivity index (χ3n) is 5.33. The summed E-state index contributed by atoms with van der Waals surface area (Å²) in [5.74, 6) is 0.974. The summed E-state index contributed by atoms with van der Waals surface area (Å²) in [5, 5.41) is 15.1. The number of hydrogen-bond acceptors (Lipinski definition) is 7. The van der Waals surface area contributed by atoms with Crippen LogP contribution in [0.4, 0.5) is 5.95 Å². The van der Waals surface area contributed by atoms with Crippen LogP contribution >= 0.6 is 0 Å². The number of tetrazole rings is 1. The Morgan fingerprint density at radius 3 is 2.59 bits per heavy atom. The average molecular weight is 397 g/mol. The average Bonchev–Trinajstić information content (AvgIpc) is 3.16. The zero-order valence-electron chi connectivity index (χ0n) is 17.1. The molecular formula is C21H27N5O3. The third-order valence-corrected chi connectivity index (χ3v) is 5.33. The molecule has 0 spiro atoms. The smallest absolute Gasteiger partial charge is 0.338 e. The quantitative estimate of drug-likeness (QED) is 0.770. The van der Waals surface area contributed by atoms with Gasteiger partial charge >= 0.3 is 5.97 Å². The minimum atomic E-state index is -0.453. The van der Waals surface area contributed by atoms with Gasteiger partial charge in [-0.2, -0.15) is 4.68 Å². The zero-order valence-corrected chi connectivity index (χ0v) is 17.1. The summed E-state index contributed by atoms with van der Waals surface area (Å²) in [6.07, 6.45) is 5.33. The zero-order chi connectivity index (χ0) is 20.4. The molecule has 1 aromatic heterocycles. The first-order valence-electron chi connectivity index (χ1n) is 10.3. The standard InChI is InChI=1S/C21H27N5O3/c1-13(2)28-17-11-9-15(10-12-17)19-18(14(3)22-21-23-24-25-26(19)21)20(27)29-16-7-5-4-6-8-16/h9-13,16,19H,4-8H2,1-3H3,(H,22,23,25). The predicted octanol–water partition coefficient (Wildman–Crippen LogP) is 3.63. The Balaban J connectivity index is 1.65. The van der Waals surface area contributed by atoms with E-state index in [1.54, 1.807) is 4.68 Å². The van der Waals surface area contributed by atoms with Crippen molar-refractivity contribution < 1.29 is 14.3 Å². The van der Waals surface area contributed by atoms with Crippen molar-refractivity contribution in [2.24, 2.45) is 0 Å². The van der Waals surface area contributed by atoms with E-state index in [1.807, 2.05) is 45.0 Å². The van der Waals surface area contributed by atoms with Crippen LogP contribution in [0.2, 0.25) is 0 Å². The van der Waals surface area contributed by atoms with Crippen molar-refractivity contribution in [1.82, 2.24) is 20.2 Å². The van der Waals surface area contributed by atoms with E-state index in [0.29, 0.717) is 17.2 Å². The fourth-order valence-corrected chi connectivity index (χ4v) is 3.98. The SMILES string of the molecule is CC1=C(C(=O)OC2CCCCC2)C(c2ccc(OC(C)C)cc2)n2nnnc2N1. The lowest BCUT2D eigenvalue weighted by Crippen LogP contribution is -2.32. The highest BCUT2D eigenvalue weighted by molar-refractivity contribution is 5.92. The van der Waals surface area contributed by atoms with E-state index in [-0.39, 0.29) is 18.2 Å². The summed E-state index contributed by atoms with van der Waals surface area (Å²) < 4.78 is 13.2. The van der Waals surface area contributed by atoms with Crippen LogP contribution in [0.1, 0.15) is 64.5 Å². The molecule has 0 bridgehead atoms. The molecule has 2 heterocycles. The molecular weight excluding hydrogens is 370 g/mol. The summed E-state index contributed by atoms with van der Waals surface area (Å²) >= 11 is 0. The molecule has 1 atom stereocenters. The van der Waals surface area contributed by atoms with E-state index >= 15 is 0 Å². The fraction of sp³-hybridized carbons (Fsp3) is 0.524. The highest BCUT2D eigenvalue weighted by atomic mass is 16.5. The van der Waals surface area contributed by atoms with Gasteiger partial charge < -0.3 is 14.8 Å². The number of carbonyl (C=O) groups is 1. The van der Waals surface area contributed by atoms with Gasteiger partial charge in [0.1, 0.15) is 17.9 Å². The van der Waals surface area contributed by atoms with Crippen LogP contribution in [-0.4, -0.2) is 38.4 Å². The number of nitrogens with zero attached hydrogens (tertiary/aromatic N) is 4. The van der Waals surface area contributed by atoms with Gasteiger partial charge in [0.15, 0.2) is 0 Å². The van der Waals surface area contributed by atoms with Gasteiger partial charge in [0, 0.05) is 5.70 Å². The Morgan fingerprint density at radius 2 is 1.90 bits per heavy atom. The molecule has 1 aliphatic carbocycles. The van der Waals surface area contributed by atoms with Gasteiger partial charge in [-0.3, -0.25) is 0 Å². The summed E-state index contributed by atoms with van der Waals surface area (Å²) in [5.41, 5.74) is 2.14. The Bertz CT molecular complexity index is 897. The largest absolute Gasteiger partial charge is 0.491 e. The summed E-state index contributed by atoms with van der Waals surface area (Å²) in [6, 6.07) is 7.24. The Kier molecular flexibility index (Phi) is 5.51. The van der Waals surface area contributed by atoms with Crippen LogP contribution in [0.15, 0.2) is 35.5 Å². The van der Waals surface area contributed by atoms with E-state index in [2.05, 4.69) is 20.8 Å². The second kappa shape index (κ2) is 8.23. The Hall–Kier alpha value is -2.90. The summed E-state index contributed by atoms with van der Waals surface area (Å²) in [6.45, 7) is 5.83. The molecule has 0 amide bonds. The number of carbonyl (C=O) groups excluding carboxylic acids is 1. The Labute approximate surface area is 170 Å². The van der Waals surface area contributed by atoms with E-state index in [0.717, 1.165) is 37.0 Å². The molecule has 0 radical (unpaired) electrons. The maximum absolute atomic E-state index is 13.2. The van der Waals surface area contributed by atoms with Crippen molar-refractivity contribution in [1.29, 1.82) is 0 Å². The van der Waals surface area contributed by atoms with E-state index in [9.17, 15) is 4.79 Å². The fourth-order valence-electron chi connectivity index (χ4n) is 3.98. The van der Waals surface area contributed by atoms with Crippen molar-refractivity contribution in [3.63, 3.8) is 0 Å². The molecule has 4 rings (SSSR count). The lowest BCUT2D eigenvalue weighted by Gasteiger charge is -2.29. The first-order chi connectivity index (χ1) is 14.0. The highest BCUT2D eigenvalue weighted by Crippen LogP contribution is 2.36. The van der Waals surface area contributed by atoms with Crippen molar-refractivity contribution in [2.45, 2.75) is 71.1 Å². The number of allylic oxidation sites excluding steroid dienone is 1. The lowest BCUT2D eigenvalue weighted by atomic mass is 9.95. The number of hydrogen-bond donors (Lipinski definition) is 1. The molecule has 1 N–H and O–H groups in total. The van der Waals surface area contributed by atoms with Crippen LogP contribution in [0, 0.1) is 0 Å². The number of anilines is 1. The van der Waals surface area contributed by atoms with Gasteiger partial charge in [0.2, 0.25) is 5.95 Å².